The van der Waals surface area contributed by atoms with E-state index >= 15 is 0 Å². The molecule has 2 amide bonds. The van der Waals surface area contributed by atoms with Crippen LogP contribution in [0, 0.1) is 5.92 Å². The SMILES string of the molecule is CCCC(=O)N1CCC(C(=O)Nc2ccc(-c3cn4c(n3)CCCC4)cc2)CC1. The Morgan fingerprint density at radius 3 is 2.55 bits per heavy atom. The molecule has 1 N–H and O–H groups in total. The number of hydrogen-bond acceptors (Lipinski definition) is 3. The molecule has 0 atom stereocenters. The van der Waals surface area contributed by atoms with Gasteiger partial charge in [-0.05, 0) is 44.2 Å². The second-order valence-corrected chi connectivity index (χ2v) is 8.16. The van der Waals surface area contributed by atoms with Crippen molar-refractivity contribution in [2.45, 2.75) is 58.4 Å². The van der Waals surface area contributed by atoms with Crippen molar-refractivity contribution >= 4 is 17.5 Å². The molecule has 1 fully saturated rings. The summed E-state index contributed by atoms with van der Waals surface area (Å²) in [4.78, 5) is 31.3. The Morgan fingerprint density at radius 2 is 1.86 bits per heavy atom. The Balaban J connectivity index is 1.32. The molecular formula is C23H30N4O2. The molecule has 0 aliphatic carbocycles. The summed E-state index contributed by atoms with van der Waals surface area (Å²) >= 11 is 0. The summed E-state index contributed by atoms with van der Waals surface area (Å²) in [6.07, 6.45) is 8.57. The number of imidazole rings is 1. The molecule has 1 saturated heterocycles. The molecule has 2 aliphatic rings. The molecule has 2 aromatic rings. The van der Waals surface area contributed by atoms with Crippen molar-refractivity contribution in [1.29, 1.82) is 0 Å². The molecular weight excluding hydrogens is 364 g/mol. The zero-order chi connectivity index (χ0) is 20.2. The molecule has 3 heterocycles. The number of aromatic nitrogens is 2. The normalized spacial score (nSPS) is 17.1. The largest absolute Gasteiger partial charge is 0.343 e. The summed E-state index contributed by atoms with van der Waals surface area (Å²) < 4.78 is 2.26. The van der Waals surface area contributed by atoms with Crippen molar-refractivity contribution in [3.8, 4) is 11.3 Å². The lowest BCUT2D eigenvalue weighted by Gasteiger charge is -2.31. The summed E-state index contributed by atoms with van der Waals surface area (Å²) in [5.41, 5.74) is 2.89. The quantitative estimate of drug-likeness (QED) is 0.837. The maximum Gasteiger partial charge on any atom is 0.227 e. The van der Waals surface area contributed by atoms with E-state index < -0.39 is 0 Å². The number of amides is 2. The number of rotatable bonds is 5. The Labute approximate surface area is 172 Å². The smallest absolute Gasteiger partial charge is 0.227 e. The third-order valence-electron chi connectivity index (χ3n) is 6.04. The summed E-state index contributed by atoms with van der Waals surface area (Å²) in [7, 11) is 0. The Kier molecular flexibility index (Phi) is 5.97. The van der Waals surface area contributed by atoms with Crippen molar-refractivity contribution in [1.82, 2.24) is 14.5 Å². The van der Waals surface area contributed by atoms with Crippen LogP contribution in [0.15, 0.2) is 30.5 Å². The van der Waals surface area contributed by atoms with Gasteiger partial charge in [0.2, 0.25) is 11.8 Å². The molecule has 0 unspecified atom stereocenters. The molecule has 29 heavy (non-hydrogen) atoms. The fraction of sp³-hybridized carbons (Fsp3) is 0.522. The molecule has 4 rings (SSSR count). The Hall–Kier alpha value is -2.63. The maximum absolute atomic E-state index is 12.6. The van der Waals surface area contributed by atoms with Gasteiger partial charge in [-0.1, -0.05) is 19.1 Å². The van der Waals surface area contributed by atoms with Gasteiger partial charge in [0.1, 0.15) is 5.82 Å². The van der Waals surface area contributed by atoms with Gasteiger partial charge >= 0.3 is 0 Å². The summed E-state index contributed by atoms with van der Waals surface area (Å²) in [5, 5.41) is 3.04. The lowest BCUT2D eigenvalue weighted by molar-refractivity contribution is -0.134. The van der Waals surface area contributed by atoms with Gasteiger partial charge < -0.3 is 14.8 Å². The zero-order valence-corrected chi connectivity index (χ0v) is 17.2. The molecule has 1 aromatic carbocycles. The second-order valence-electron chi connectivity index (χ2n) is 8.16. The molecule has 0 radical (unpaired) electrons. The van der Waals surface area contributed by atoms with E-state index in [2.05, 4.69) is 16.1 Å². The number of carbonyl (C=O) groups is 2. The topological polar surface area (TPSA) is 67.2 Å². The van der Waals surface area contributed by atoms with Gasteiger partial charge in [-0.25, -0.2) is 4.98 Å². The highest BCUT2D eigenvalue weighted by Gasteiger charge is 2.27. The molecule has 0 spiro atoms. The minimum Gasteiger partial charge on any atom is -0.343 e. The zero-order valence-electron chi connectivity index (χ0n) is 17.2. The first kappa shape index (κ1) is 19.7. The van der Waals surface area contributed by atoms with Crippen LogP contribution in [0.4, 0.5) is 5.69 Å². The molecule has 0 bridgehead atoms. The Morgan fingerprint density at radius 1 is 1.10 bits per heavy atom. The number of carbonyl (C=O) groups excluding carboxylic acids is 2. The van der Waals surface area contributed by atoms with Gasteiger partial charge in [0.25, 0.3) is 0 Å². The van der Waals surface area contributed by atoms with Crippen LogP contribution >= 0.6 is 0 Å². The van der Waals surface area contributed by atoms with E-state index in [0.29, 0.717) is 19.5 Å². The van der Waals surface area contributed by atoms with Crippen molar-refractivity contribution in [2.75, 3.05) is 18.4 Å². The van der Waals surface area contributed by atoms with E-state index in [1.807, 2.05) is 36.1 Å². The summed E-state index contributed by atoms with van der Waals surface area (Å²) in [6, 6.07) is 7.95. The monoisotopic (exact) mass is 394 g/mol. The number of hydrogen-bond donors (Lipinski definition) is 1. The maximum atomic E-state index is 12.6. The molecule has 2 aliphatic heterocycles. The van der Waals surface area contributed by atoms with Gasteiger partial charge in [0.15, 0.2) is 0 Å². The number of nitrogens with zero attached hydrogens (tertiary/aromatic N) is 3. The summed E-state index contributed by atoms with van der Waals surface area (Å²) in [6.45, 7) is 4.44. The average Bonchev–Trinajstić information content (AvgIpc) is 3.19. The molecule has 6 heteroatoms. The van der Waals surface area contributed by atoms with Crippen LogP contribution in [-0.4, -0.2) is 39.4 Å². The highest BCUT2D eigenvalue weighted by molar-refractivity contribution is 5.93. The standard InChI is InChI=1S/C23H30N4O2/c1-2-5-22(28)26-14-11-18(12-15-26)23(29)24-19-9-7-17(8-10-19)20-16-27-13-4-3-6-21(27)25-20/h7-10,16,18H,2-6,11-15H2,1H3,(H,24,29). The van der Waals surface area contributed by atoms with Crippen molar-refractivity contribution in [3.63, 3.8) is 0 Å². The highest BCUT2D eigenvalue weighted by Crippen LogP contribution is 2.25. The minimum atomic E-state index is -0.0276. The van der Waals surface area contributed by atoms with Crippen molar-refractivity contribution < 1.29 is 9.59 Å². The van der Waals surface area contributed by atoms with E-state index in [9.17, 15) is 9.59 Å². The van der Waals surface area contributed by atoms with Gasteiger partial charge in [-0.15, -0.1) is 0 Å². The predicted octanol–water partition coefficient (Wildman–Crippen LogP) is 3.86. The van der Waals surface area contributed by atoms with Crippen LogP contribution in [0.3, 0.4) is 0 Å². The fourth-order valence-electron chi connectivity index (χ4n) is 4.28. The van der Waals surface area contributed by atoms with Crippen LogP contribution in [-0.2, 0) is 22.6 Å². The number of benzene rings is 1. The van der Waals surface area contributed by atoms with Crippen molar-refractivity contribution in [3.05, 3.63) is 36.3 Å². The van der Waals surface area contributed by atoms with Crippen LogP contribution < -0.4 is 5.32 Å². The van der Waals surface area contributed by atoms with Crippen LogP contribution in [0.5, 0.6) is 0 Å². The van der Waals surface area contributed by atoms with Crippen LogP contribution in [0.2, 0.25) is 0 Å². The molecule has 154 valence electrons. The van der Waals surface area contributed by atoms with Gasteiger partial charge in [-0.2, -0.15) is 0 Å². The van der Waals surface area contributed by atoms with Gasteiger partial charge in [0, 0.05) is 55.8 Å². The second kappa shape index (κ2) is 8.80. The number of likely N-dealkylation sites (tertiary alicyclic amines) is 1. The molecule has 0 saturated carbocycles. The number of nitrogens with one attached hydrogen (secondary N) is 1. The third-order valence-corrected chi connectivity index (χ3v) is 6.04. The number of anilines is 1. The third kappa shape index (κ3) is 4.52. The van der Waals surface area contributed by atoms with E-state index in [4.69, 9.17) is 4.98 Å². The minimum absolute atomic E-state index is 0.0276. The van der Waals surface area contributed by atoms with E-state index in [1.54, 1.807) is 0 Å². The van der Waals surface area contributed by atoms with E-state index in [-0.39, 0.29) is 17.7 Å². The lowest BCUT2D eigenvalue weighted by atomic mass is 9.95. The van der Waals surface area contributed by atoms with Crippen LogP contribution in [0.25, 0.3) is 11.3 Å². The molecule has 1 aromatic heterocycles. The number of aryl methyl sites for hydroxylation is 2. The lowest BCUT2D eigenvalue weighted by Crippen LogP contribution is -2.41. The van der Waals surface area contributed by atoms with Gasteiger partial charge in [-0.3, -0.25) is 9.59 Å². The number of piperidine rings is 1. The first-order valence-corrected chi connectivity index (χ1v) is 10.9. The summed E-state index contributed by atoms with van der Waals surface area (Å²) in [5.74, 6) is 1.41. The number of fused-ring (bicyclic) bond motifs is 1. The van der Waals surface area contributed by atoms with E-state index in [1.165, 1.54) is 18.7 Å². The average molecular weight is 395 g/mol. The predicted molar refractivity (Wildman–Crippen MR) is 113 cm³/mol. The van der Waals surface area contributed by atoms with Crippen molar-refractivity contribution in [2.24, 2.45) is 5.92 Å². The van der Waals surface area contributed by atoms with Crippen LogP contribution in [0.1, 0.15) is 51.3 Å². The first-order chi connectivity index (χ1) is 14.1. The Bertz CT molecular complexity index is 840. The highest BCUT2D eigenvalue weighted by atomic mass is 16.2. The molecule has 6 nitrogen and oxygen atoms in total. The first-order valence-electron chi connectivity index (χ1n) is 10.9. The van der Waals surface area contributed by atoms with E-state index in [0.717, 1.165) is 49.2 Å². The fourth-order valence-corrected chi connectivity index (χ4v) is 4.28. The van der Waals surface area contributed by atoms with Gasteiger partial charge in [0.05, 0.1) is 5.69 Å².